The molecule has 0 radical (unpaired) electrons. The van der Waals surface area contributed by atoms with E-state index in [2.05, 4.69) is 62.2 Å². The molecule has 2 heteroatoms. The summed E-state index contributed by atoms with van der Waals surface area (Å²) in [6.45, 7) is 7.46. The smallest absolute Gasteiger partial charge is 0.0939 e. The minimum absolute atomic E-state index is 0.949. The lowest BCUT2D eigenvalue weighted by atomic mass is 10.0. The predicted molar refractivity (Wildman–Crippen MR) is 64.9 cm³/mol. The normalized spacial score (nSPS) is 15.2. The summed E-state index contributed by atoms with van der Waals surface area (Å²) in [6.07, 6.45) is 4.25. The van der Waals surface area contributed by atoms with Gasteiger partial charge in [0.05, 0.1) is 6.67 Å². The molecule has 0 bridgehead atoms. The summed E-state index contributed by atoms with van der Waals surface area (Å²) in [7, 11) is 2.09. The second-order valence-corrected chi connectivity index (χ2v) is 4.41. The van der Waals surface area contributed by atoms with Gasteiger partial charge in [-0.3, -0.25) is 0 Å². The molecule has 1 aromatic rings. The van der Waals surface area contributed by atoms with E-state index in [0.717, 1.165) is 6.67 Å². The standard InChI is InChI=1S/C13H18N2/c1-10-7-11(2)13(12(3)8-10)15-6-5-14(4)9-15/h5-8H,9H2,1-4H3. The zero-order valence-electron chi connectivity index (χ0n) is 9.91. The number of anilines is 1. The Kier molecular flexibility index (Phi) is 2.43. The highest BCUT2D eigenvalue weighted by Gasteiger charge is 2.14. The Bertz CT molecular complexity index is 384. The van der Waals surface area contributed by atoms with Crippen LogP contribution in [-0.4, -0.2) is 18.6 Å². The highest BCUT2D eigenvalue weighted by molar-refractivity contribution is 5.62. The van der Waals surface area contributed by atoms with Crippen LogP contribution in [0.3, 0.4) is 0 Å². The summed E-state index contributed by atoms with van der Waals surface area (Å²) >= 11 is 0. The molecule has 2 rings (SSSR count). The van der Waals surface area contributed by atoms with Crippen LogP contribution in [0.1, 0.15) is 16.7 Å². The lowest BCUT2D eigenvalue weighted by molar-refractivity contribution is 0.495. The molecule has 1 aliphatic heterocycles. The quantitative estimate of drug-likeness (QED) is 0.691. The summed E-state index contributed by atoms with van der Waals surface area (Å²) in [5, 5.41) is 0. The second-order valence-electron chi connectivity index (χ2n) is 4.41. The van der Waals surface area contributed by atoms with E-state index < -0.39 is 0 Å². The van der Waals surface area contributed by atoms with Gasteiger partial charge in [-0.1, -0.05) is 17.7 Å². The third-order valence-corrected chi connectivity index (χ3v) is 2.80. The molecule has 2 nitrogen and oxygen atoms in total. The SMILES string of the molecule is Cc1cc(C)c(N2C=CN(C)C2)c(C)c1. The molecule has 1 heterocycles. The monoisotopic (exact) mass is 202 g/mol. The van der Waals surface area contributed by atoms with Crippen molar-refractivity contribution in [2.75, 3.05) is 18.6 Å². The van der Waals surface area contributed by atoms with Crippen molar-refractivity contribution in [1.82, 2.24) is 4.90 Å². The largest absolute Gasteiger partial charge is 0.361 e. The number of nitrogens with zero attached hydrogens (tertiary/aromatic N) is 2. The highest BCUT2D eigenvalue weighted by atomic mass is 15.3. The van der Waals surface area contributed by atoms with Crippen molar-refractivity contribution in [1.29, 1.82) is 0 Å². The van der Waals surface area contributed by atoms with Crippen LogP contribution in [0.15, 0.2) is 24.5 Å². The van der Waals surface area contributed by atoms with Gasteiger partial charge in [-0.25, -0.2) is 0 Å². The molecule has 0 saturated heterocycles. The molecule has 0 atom stereocenters. The van der Waals surface area contributed by atoms with Crippen LogP contribution >= 0.6 is 0 Å². The third kappa shape index (κ3) is 1.84. The Morgan fingerprint density at radius 1 is 1.00 bits per heavy atom. The van der Waals surface area contributed by atoms with E-state index in [-0.39, 0.29) is 0 Å². The molecule has 0 unspecified atom stereocenters. The second kappa shape index (κ2) is 3.61. The summed E-state index contributed by atoms with van der Waals surface area (Å²) < 4.78 is 0. The number of benzene rings is 1. The lowest BCUT2D eigenvalue weighted by Gasteiger charge is -2.22. The van der Waals surface area contributed by atoms with Crippen LogP contribution in [0.5, 0.6) is 0 Å². The predicted octanol–water partition coefficient (Wildman–Crippen LogP) is 2.79. The van der Waals surface area contributed by atoms with Crippen molar-refractivity contribution < 1.29 is 0 Å². The van der Waals surface area contributed by atoms with Gasteiger partial charge in [0.2, 0.25) is 0 Å². The van der Waals surface area contributed by atoms with Gasteiger partial charge in [-0.05, 0) is 31.9 Å². The maximum Gasteiger partial charge on any atom is 0.0939 e. The Labute approximate surface area is 91.8 Å². The molecule has 0 saturated carbocycles. The minimum Gasteiger partial charge on any atom is -0.361 e. The zero-order valence-corrected chi connectivity index (χ0v) is 9.91. The van der Waals surface area contributed by atoms with Gasteiger partial charge in [0.1, 0.15) is 0 Å². The first-order valence-corrected chi connectivity index (χ1v) is 5.31. The van der Waals surface area contributed by atoms with Crippen molar-refractivity contribution in [2.24, 2.45) is 0 Å². The molecular formula is C13H18N2. The molecule has 0 amide bonds. The summed E-state index contributed by atoms with van der Waals surface area (Å²) in [6, 6.07) is 4.49. The first kappa shape index (κ1) is 10.1. The van der Waals surface area contributed by atoms with Crippen molar-refractivity contribution in [2.45, 2.75) is 20.8 Å². The van der Waals surface area contributed by atoms with Crippen molar-refractivity contribution in [3.05, 3.63) is 41.2 Å². The maximum atomic E-state index is 2.30. The van der Waals surface area contributed by atoms with E-state index in [1.54, 1.807) is 0 Å². The van der Waals surface area contributed by atoms with Gasteiger partial charge < -0.3 is 9.80 Å². The summed E-state index contributed by atoms with van der Waals surface area (Å²) in [5.41, 5.74) is 5.39. The molecule has 80 valence electrons. The molecule has 0 aromatic heterocycles. The fourth-order valence-corrected chi connectivity index (χ4v) is 2.30. The Morgan fingerprint density at radius 2 is 1.60 bits per heavy atom. The number of hydrogen-bond donors (Lipinski definition) is 0. The van der Waals surface area contributed by atoms with Gasteiger partial charge in [0.25, 0.3) is 0 Å². The van der Waals surface area contributed by atoms with Crippen LogP contribution < -0.4 is 4.90 Å². The maximum absolute atomic E-state index is 2.30. The number of rotatable bonds is 1. The molecule has 15 heavy (non-hydrogen) atoms. The zero-order chi connectivity index (χ0) is 11.0. The highest BCUT2D eigenvalue weighted by Crippen LogP contribution is 2.28. The Hall–Kier alpha value is -1.44. The number of aryl methyl sites for hydroxylation is 3. The molecule has 1 aliphatic rings. The lowest BCUT2D eigenvalue weighted by Crippen LogP contribution is -2.23. The van der Waals surface area contributed by atoms with E-state index in [4.69, 9.17) is 0 Å². The van der Waals surface area contributed by atoms with Gasteiger partial charge in [0.15, 0.2) is 0 Å². The van der Waals surface area contributed by atoms with Crippen molar-refractivity contribution in [3.8, 4) is 0 Å². The molecular weight excluding hydrogens is 184 g/mol. The summed E-state index contributed by atoms with van der Waals surface area (Å²) in [4.78, 5) is 4.48. The van der Waals surface area contributed by atoms with E-state index in [1.165, 1.54) is 22.4 Å². The van der Waals surface area contributed by atoms with Gasteiger partial charge >= 0.3 is 0 Å². The molecule has 1 aromatic carbocycles. The van der Waals surface area contributed by atoms with Crippen LogP contribution in [0.4, 0.5) is 5.69 Å². The Balaban J connectivity index is 2.40. The minimum atomic E-state index is 0.949. The first-order chi connectivity index (χ1) is 7.08. The average Bonchev–Trinajstić information content (AvgIpc) is 2.49. The summed E-state index contributed by atoms with van der Waals surface area (Å²) in [5.74, 6) is 0. The molecule has 0 N–H and O–H groups in total. The van der Waals surface area contributed by atoms with Crippen LogP contribution in [-0.2, 0) is 0 Å². The van der Waals surface area contributed by atoms with E-state index in [1.807, 2.05) is 0 Å². The fraction of sp³-hybridized carbons (Fsp3) is 0.385. The van der Waals surface area contributed by atoms with Crippen LogP contribution in [0.2, 0.25) is 0 Å². The van der Waals surface area contributed by atoms with Crippen molar-refractivity contribution in [3.63, 3.8) is 0 Å². The number of hydrogen-bond acceptors (Lipinski definition) is 2. The van der Waals surface area contributed by atoms with E-state index in [0.29, 0.717) is 0 Å². The van der Waals surface area contributed by atoms with Crippen LogP contribution in [0, 0.1) is 20.8 Å². The third-order valence-electron chi connectivity index (χ3n) is 2.80. The molecule has 0 spiro atoms. The van der Waals surface area contributed by atoms with Gasteiger partial charge in [-0.2, -0.15) is 0 Å². The molecule has 0 fully saturated rings. The topological polar surface area (TPSA) is 6.48 Å². The average molecular weight is 202 g/mol. The van der Waals surface area contributed by atoms with Gasteiger partial charge in [-0.15, -0.1) is 0 Å². The van der Waals surface area contributed by atoms with Crippen molar-refractivity contribution >= 4 is 5.69 Å². The Morgan fingerprint density at radius 3 is 2.07 bits per heavy atom. The van der Waals surface area contributed by atoms with Gasteiger partial charge in [0, 0.05) is 25.1 Å². The van der Waals surface area contributed by atoms with E-state index in [9.17, 15) is 0 Å². The van der Waals surface area contributed by atoms with Crippen LogP contribution in [0.25, 0.3) is 0 Å². The van der Waals surface area contributed by atoms with E-state index >= 15 is 0 Å². The fourth-order valence-electron chi connectivity index (χ4n) is 2.30. The molecule has 0 aliphatic carbocycles. The first-order valence-electron chi connectivity index (χ1n) is 5.31.